The molecule has 0 spiro atoms. The molecule has 3 rings (SSSR count). The monoisotopic (exact) mass is 428 g/mol. The Hall–Kier alpha value is -1.98. The van der Waals surface area contributed by atoms with E-state index < -0.39 is 8.32 Å². The highest BCUT2D eigenvalue weighted by Gasteiger charge is 2.39. The number of halogens is 1. The van der Waals surface area contributed by atoms with Crippen LogP contribution in [0.2, 0.25) is 18.1 Å². The van der Waals surface area contributed by atoms with E-state index in [2.05, 4.69) is 52.1 Å². The molecule has 154 valence electrons. The second-order valence-corrected chi connectivity index (χ2v) is 14.6. The van der Waals surface area contributed by atoms with Gasteiger partial charge in [-0.1, -0.05) is 32.9 Å². The molecule has 2 nitrogen and oxygen atoms in total. The van der Waals surface area contributed by atoms with E-state index in [-0.39, 0.29) is 10.9 Å². The Morgan fingerprint density at radius 1 is 0.966 bits per heavy atom. The summed E-state index contributed by atoms with van der Waals surface area (Å²) in [6.45, 7) is 11.1. The molecule has 0 saturated carbocycles. The summed E-state index contributed by atoms with van der Waals surface area (Å²) in [4.78, 5) is 1.08. The predicted molar refractivity (Wildman–Crippen MR) is 124 cm³/mol. The lowest BCUT2D eigenvalue weighted by molar-refractivity contribution is 0.414. The lowest BCUT2D eigenvalue weighted by Crippen LogP contribution is -2.43. The third kappa shape index (κ3) is 5.14. The molecule has 5 heteroatoms. The van der Waals surface area contributed by atoms with Gasteiger partial charge in [0, 0.05) is 16.0 Å². The Kier molecular flexibility index (Phi) is 6.29. The number of fused-ring (bicyclic) bond motifs is 1. The zero-order chi connectivity index (χ0) is 21.2. The van der Waals surface area contributed by atoms with Gasteiger partial charge in [-0.25, -0.2) is 4.39 Å². The van der Waals surface area contributed by atoms with Crippen LogP contribution in [0.25, 0.3) is 10.8 Å². The highest BCUT2D eigenvalue weighted by Crippen LogP contribution is 2.41. The minimum Gasteiger partial charge on any atom is -0.543 e. The minimum atomic E-state index is -2.01. The molecule has 0 heterocycles. The second-order valence-electron chi connectivity index (χ2n) is 8.79. The molecule has 0 unspecified atom stereocenters. The highest BCUT2D eigenvalue weighted by molar-refractivity contribution is 7.98. The molecule has 0 fully saturated rings. The van der Waals surface area contributed by atoms with Gasteiger partial charge in [0.15, 0.2) is 0 Å². The predicted octanol–water partition coefficient (Wildman–Crippen LogP) is 7.66. The average Bonchev–Trinajstić information content (AvgIpc) is 2.65. The lowest BCUT2D eigenvalue weighted by Gasteiger charge is -2.37. The molecule has 0 bridgehead atoms. The van der Waals surface area contributed by atoms with Crippen molar-refractivity contribution in [1.29, 1.82) is 0 Å². The third-order valence-electron chi connectivity index (χ3n) is 5.59. The quantitative estimate of drug-likeness (QED) is 0.296. The largest absolute Gasteiger partial charge is 0.543 e. The maximum Gasteiger partial charge on any atom is 0.250 e. The third-order valence-corrected chi connectivity index (χ3v) is 11.0. The topological polar surface area (TPSA) is 18.5 Å². The van der Waals surface area contributed by atoms with Crippen molar-refractivity contribution < 1.29 is 13.6 Å². The standard InChI is InChI=1S/C24H29FO2SSi/c1-24(2,3)29(5,6)27-23-15-21(14-18-13-19(25)9-12-22(18)23)28-16-17-7-10-20(26-4)11-8-17/h7-15H,16H2,1-6H3. The van der Waals surface area contributed by atoms with Gasteiger partial charge >= 0.3 is 0 Å². The fraction of sp³-hybridized carbons (Fsp3) is 0.333. The van der Waals surface area contributed by atoms with E-state index in [1.54, 1.807) is 24.9 Å². The van der Waals surface area contributed by atoms with Gasteiger partial charge in [0.2, 0.25) is 0 Å². The smallest absolute Gasteiger partial charge is 0.250 e. The van der Waals surface area contributed by atoms with Crippen LogP contribution in [0.4, 0.5) is 4.39 Å². The van der Waals surface area contributed by atoms with Crippen LogP contribution in [-0.2, 0) is 5.75 Å². The first-order valence-corrected chi connectivity index (χ1v) is 13.7. The first kappa shape index (κ1) is 21.7. The second kappa shape index (κ2) is 8.40. The van der Waals surface area contributed by atoms with Gasteiger partial charge in [0.1, 0.15) is 17.3 Å². The van der Waals surface area contributed by atoms with Crippen molar-refractivity contribution >= 4 is 30.9 Å². The van der Waals surface area contributed by atoms with Gasteiger partial charge in [0.05, 0.1) is 7.11 Å². The molecule has 3 aromatic carbocycles. The number of rotatable bonds is 6. The van der Waals surface area contributed by atoms with Gasteiger partial charge < -0.3 is 9.16 Å². The Labute approximate surface area is 178 Å². The van der Waals surface area contributed by atoms with Crippen LogP contribution in [0.5, 0.6) is 11.5 Å². The Morgan fingerprint density at radius 2 is 1.66 bits per heavy atom. The van der Waals surface area contributed by atoms with Crippen molar-refractivity contribution in [2.45, 2.75) is 49.6 Å². The summed E-state index contributed by atoms with van der Waals surface area (Å²) in [5, 5.41) is 1.93. The van der Waals surface area contributed by atoms with Crippen LogP contribution in [0.3, 0.4) is 0 Å². The van der Waals surface area contributed by atoms with Gasteiger partial charge in [-0.05, 0) is 71.5 Å². The zero-order valence-corrected chi connectivity index (χ0v) is 19.8. The van der Waals surface area contributed by atoms with Crippen molar-refractivity contribution in [3.8, 4) is 11.5 Å². The van der Waals surface area contributed by atoms with Crippen molar-refractivity contribution in [3.05, 3.63) is 66.0 Å². The van der Waals surface area contributed by atoms with Crippen LogP contribution >= 0.6 is 11.8 Å². The van der Waals surface area contributed by atoms with E-state index in [0.717, 1.165) is 32.9 Å². The van der Waals surface area contributed by atoms with E-state index in [9.17, 15) is 4.39 Å². The number of hydrogen-bond acceptors (Lipinski definition) is 3. The first-order valence-electron chi connectivity index (χ1n) is 9.77. The minimum absolute atomic E-state index is 0.0889. The number of thioether (sulfide) groups is 1. The summed E-state index contributed by atoms with van der Waals surface area (Å²) in [5.74, 6) is 2.30. The van der Waals surface area contributed by atoms with Crippen molar-refractivity contribution in [2.75, 3.05) is 7.11 Å². The number of methoxy groups -OCH3 is 1. The highest BCUT2D eigenvalue weighted by atomic mass is 32.2. The molecule has 0 aliphatic heterocycles. The normalized spacial score (nSPS) is 12.2. The van der Waals surface area contributed by atoms with Gasteiger partial charge in [0.25, 0.3) is 8.32 Å². The maximum atomic E-state index is 13.9. The fourth-order valence-electron chi connectivity index (χ4n) is 2.76. The zero-order valence-electron chi connectivity index (χ0n) is 18.0. The van der Waals surface area contributed by atoms with E-state index >= 15 is 0 Å². The van der Waals surface area contributed by atoms with Crippen molar-refractivity contribution in [3.63, 3.8) is 0 Å². The summed E-state index contributed by atoms with van der Waals surface area (Å²) in [6.07, 6.45) is 0. The number of ether oxygens (including phenoxy) is 1. The van der Waals surface area contributed by atoms with Gasteiger partial charge in [-0.15, -0.1) is 11.8 Å². The Bertz CT molecular complexity index is 994. The van der Waals surface area contributed by atoms with Crippen LogP contribution in [-0.4, -0.2) is 15.4 Å². The molecule has 0 amide bonds. The molecule has 0 aromatic heterocycles. The van der Waals surface area contributed by atoms with Gasteiger partial charge in [-0.3, -0.25) is 0 Å². The summed E-state index contributed by atoms with van der Waals surface area (Å²) in [7, 11) is -0.345. The summed E-state index contributed by atoms with van der Waals surface area (Å²) < 4.78 is 25.8. The lowest BCUT2D eigenvalue weighted by atomic mass is 10.1. The molecule has 0 aliphatic carbocycles. The molecule has 0 N–H and O–H groups in total. The molecule has 0 atom stereocenters. The van der Waals surface area contributed by atoms with E-state index in [1.165, 1.54) is 11.6 Å². The number of hydrogen-bond donors (Lipinski definition) is 0. The fourth-order valence-corrected chi connectivity index (χ4v) is 4.71. The molecule has 0 radical (unpaired) electrons. The first-order chi connectivity index (χ1) is 13.6. The van der Waals surface area contributed by atoms with Crippen LogP contribution in [0.15, 0.2) is 59.5 Å². The molecular formula is C24H29FO2SSi. The molecule has 29 heavy (non-hydrogen) atoms. The average molecular weight is 429 g/mol. The summed E-state index contributed by atoms with van der Waals surface area (Å²) in [6, 6.07) is 17.1. The molecule has 3 aromatic rings. The van der Waals surface area contributed by atoms with Crippen molar-refractivity contribution in [2.24, 2.45) is 0 Å². The van der Waals surface area contributed by atoms with E-state index in [0.29, 0.717) is 0 Å². The Balaban J connectivity index is 1.93. The SMILES string of the molecule is COc1ccc(CSc2cc(O[Si](C)(C)C(C)(C)C)c3ccc(F)cc3c2)cc1. The maximum absolute atomic E-state index is 13.9. The van der Waals surface area contributed by atoms with E-state index in [4.69, 9.17) is 9.16 Å². The van der Waals surface area contributed by atoms with Crippen molar-refractivity contribution in [1.82, 2.24) is 0 Å². The van der Waals surface area contributed by atoms with Crippen LogP contribution < -0.4 is 9.16 Å². The summed E-state index contributed by atoms with van der Waals surface area (Å²) >= 11 is 1.73. The molecule has 0 aliphatic rings. The van der Waals surface area contributed by atoms with E-state index in [1.807, 2.05) is 24.3 Å². The summed E-state index contributed by atoms with van der Waals surface area (Å²) in [5.41, 5.74) is 1.21. The van der Waals surface area contributed by atoms with Crippen LogP contribution in [0.1, 0.15) is 26.3 Å². The Morgan fingerprint density at radius 3 is 2.28 bits per heavy atom. The molecular weight excluding hydrogens is 399 g/mol. The van der Waals surface area contributed by atoms with Gasteiger partial charge in [-0.2, -0.15) is 0 Å². The van der Waals surface area contributed by atoms with Crippen LogP contribution in [0, 0.1) is 5.82 Å². The molecule has 0 saturated heterocycles. The number of benzene rings is 3.